The number of nitrogens with one attached hydrogen (secondary N) is 1. The van der Waals surface area contributed by atoms with Crippen molar-refractivity contribution in [3.8, 4) is 0 Å². The number of hydrogen-bond donors (Lipinski definition) is 1. The van der Waals surface area contributed by atoms with Crippen molar-refractivity contribution >= 4 is 17.5 Å². The van der Waals surface area contributed by atoms with Gasteiger partial charge in [0.2, 0.25) is 5.91 Å². The lowest BCUT2D eigenvalue weighted by molar-refractivity contribution is -0.122. The quantitative estimate of drug-likeness (QED) is 0.861. The highest BCUT2D eigenvalue weighted by molar-refractivity contribution is 5.96. The number of carbonyl (C=O) groups is 2. The lowest BCUT2D eigenvalue weighted by atomic mass is 10.0. The highest BCUT2D eigenvalue weighted by Gasteiger charge is 2.32. The fraction of sp³-hybridized carbons (Fsp3) is 0.409. The first-order valence-electron chi connectivity index (χ1n) is 9.98. The van der Waals surface area contributed by atoms with E-state index in [1.807, 2.05) is 24.0 Å². The van der Waals surface area contributed by atoms with Crippen molar-refractivity contribution in [2.24, 2.45) is 5.92 Å². The number of halogens is 1. The molecular formula is C22H24FN3O3. The van der Waals surface area contributed by atoms with Crippen molar-refractivity contribution in [3.63, 3.8) is 0 Å². The molecule has 0 saturated carbocycles. The first-order chi connectivity index (χ1) is 14.0. The van der Waals surface area contributed by atoms with E-state index in [2.05, 4.69) is 5.32 Å². The minimum Gasteiger partial charge on any atom is -0.381 e. The molecule has 0 spiro atoms. The van der Waals surface area contributed by atoms with E-state index < -0.39 is 0 Å². The topological polar surface area (TPSA) is 71.5 Å². The maximum atomic E-state index is 13.0. The van der Waals surface area contributed by atoms with Gasteiger partial charge in [-0.2, -0.15) is 0 Å². The Labute approximate surface area is 169 Å². The van der Waals surface area contributed by atoms with E-state index in [0.717, 1.165) is 36.3 Å². The van der Waals surface area contributed by atoms with Gasteiger partial charge in [0, 0.05) is 18.7 Å². The van der Waals surface area contributed by atoms with Crippen molar-refractivity contribution in [3.05, 3.63) is 59.2 Å². The number of fused-ring (bicyclic) bond motifs is 1. The van der Waals surface area contributed by atoms with Crippen LogP contribution >= 0.6 is 0 Å². The molecule has 0 bridgehead atoms. The second kappa shape index (κ2) is 8.29. The maximum absolute atomic E-state index is 13.0. The van der Waals surface area contributed by atoms with Crippen LogP contribution in [0, 0.1) is 11.7 Å². The maximum Gasteiger partial charge on any atom is 0.251 e. The van der Waals surface area contributed by atoms with Gasteiger partial charge in [-0.05, 0) is 62.6 Å². The summed E-state index contributed by atoms with van der Waals surface area (Å²) in [4.78, 5) is 31.8. The van der Waals surface area contributed by atoms with Gasteiger partial charge in [0.25, 0.3) is 5.91 Å². The van der Waals surface area contributed by atoms with Gasteiger partial charge in [-0.25, -0.2) is 4.39 Å². The third-order valence-corrected chi connectivity index (χ3v) is 5.50. The third kappa shape index (κ3) is 4.15. The number of hydrogen-bond acceptors (Lipinski definition) is 4. The zero-order valence-electron chi connectivity index (χ0n) is 16.4. The van der Waals surface area contributed by atoms with Gasteiger partial charge in [-0.1, -0.05) is 0 Å². The minimum absolute atomic E-state index is 0.0745. The summed E-state index contributed by atoms with van der Waals surface area (Å²) in [6.07, 6.45) is 2.43. The van der Waals surface area contributed by atoms with Crippen LogP contribution in [0.2, 0.25) is 0 Å². The average molecular weight is 397 g/mol. The molecule has 0 radical (unpaired) electrons. The fourth-order valence-corrected chi connectivity index (χ4v) is 3.84. The molecule has 2 aromatic rings. The highest BCUT2D eigenvalue weighted by Crippen LogP contribution is 2.30. The van der Waals surface area contributed by atoms with E-state index in [-0.39, 0.29) is 29.6 Å². The zero-order chi connectivity index (χ0) is 20.4. The predicted octanol–water partition coefficient (Wildman–Crippen LogP) is 3.03. The van der Waals surface area contributed by atoms with Crippen molar-refractivity contribution in [1.29, 1.82) is 0 Å². The molecule has 29 heavy (non-hydrogen) atoms. The average Bonchev–Trinajstić information content (AvgIpc) is 3.27. The number of ether oxygens (including phenoxy) is 1. The van der Waals surface area contributed by atoms with Gasteiger partial charge < -0.3 is 15.0 Å². The summed E-state index contributed by atoms with van der Waals surface area (Å²) >= 11 is 0. The number of nitrogens with zero attached hydrogens (tertiary/aromatic N) is 2. The Bertz CT molecular complexity index is 910. The van der Waals surface area contributed by atoms with Crippen LogP contribution in [0.1, 0.15) is 47.6 Å². The number of rotatable bonds is 4. The zero-order valence-corrected chi connectivity index (χ0v) is 16.4. The Morgan fingerprint density at radius 2 is 2.03 bits per heavy atom. The summed E-state index contributed by atoms with van der Waals surface area (Å²) in [5, 5.41) is 2.90. The van der Waals surface area contributed by atoms with Gasteiger partial charge >= 0.3 is 0 Å². The smallest absolute Gasteiger partial charge is 0.251 e. The van der Waals surface area contributed by atoms with Crippen LogP contribution in [-0.4, -0.2) is 36.6 Å². The molecule has 1 aromatic heterocycles. The molecule has 1 saturated heterocycles. The summed E-state index contributed by atoms with van der Waals surface area (Å²) in [6.45, 7) is 3.68. The largest absolute Gasteiger partial charge is 0.381 e. The van der Waals surface area contributed by atoms with Crippen LogP contribution in [-0.2, 0) is 16.0 Å². The molecular weight excluding hydrogens is 373 g/mol. The molecule has 6 nitrogen and oxygen atoms in total. The molecule has 2 aliphatic heterocycles. The van der Waals surface area contributed by atoms with E-state index in [0.29, 0.717) is 25.3 Å². The molecule has 2 atom stereocenters. The van der Waals surface area contributed by atoms with Crippen molar-refractivity contribution in [1.82, 2.24) is 10.3 Å². The third-order valence-electron chi connectivity index (χ3n) is 5.50. The molecule has 1 N–H and O–H groups in total. The molecule has 4 rings (SSSR count). The molecule has 2 aliphatic rings. The Balaban J connectivity index is 1.49. The lowest BCUT2D eigenvalue weighted by Crippen LogP contribution is -2.40. The number of benzene rings is 1. The van der Waals surface area contributed by atoms with Crippen LogP contribution in [0.3, 0.4) is 0 Å². The number of pyridine rings is 1. The van der Waals surface area contributed by atoms with E-state index in [1.165, 1.54) is 24.3 Å². The number of aromatic nitrogens is 1. The fourth-order valence-electron chi connectivity index (χ4n) is 3.84. The first kappa shape index (κ1) is 19.5. The monoisotopic (exact) mass is 397 g/mol. The van der Waals surface area contributed by atoms with Crippen LogP contribution in [0.4, 0.5) is 10.1 Å². The van der Waals surface area contributed by atoms with Gasteiger partial charge in [0.15, 0.2) is 0 Å². The molecule has 0 aliphatic carbocycles. The summed E-state index contributed by atoms with van der Waals surface area (Å²) in [5.74, 6) is -0.630. The number of anilines is 1. The molecule has 3 heterocycles. The number of amides is 2. The molecule has 1 fully saturated rings. The summed E-state index contributed by atoms with van der Waals surface area (Å²) in [7, 11) is 0. The lowest BCUT2D eigenvalue weighted by Gasteiger charge is -2.31. The van der Waals surface area contributed by atoms with Crippen molar-refractivity contribution in [2.45, 2.75) is 32.2 Å². The predicted molar refractivity (Wildman–Crippen MR) is 106 cm³/mol. The Morgan fingerprint density at radius 1 is 1.24 bits per heavy atom. The summed E-state index contributed by atoms with van der Waals surface area (Å²) in [5.41, 5.74) is 2.86. The molecule has 1 aromatic carbocycles. The molecule has 152 valence electrons. The van der Waals surface area contributed by atoms with Crippen LogP contribution in [0.15, 0.2) is 36.4 Å². The number of aryl methyl sites for hydroxylation is 1. The van der Waals surface area contributed by atoms with E-state index in [1.54, 1.807) is 0 Å². The van der Waals surface area contributed by atoms with E-state index >= 15 is 0 Å². The Kier molecular flexibility index (Phi) is 5.58. The summed E-state index contributed by atoms with van der Waals surface area (Å²) < 4.78 is 18.4. The molecule has 0 unspecified atom stereocenters. The van der Waals surface area contributed by atoms with Gasteiger partial charge in [-0.15, -0.1) is 0 Å². The normalized spacial score (nSPS) is 19.5. The number of carbonyl (C=O) groups excluding carboxylic acids is 2. The second-order valence-electron chi connectivity index (χ2n) is 7.56. The Hall–Kier alpha value is -2.80. The summed E-state index contributed by atoms with van der Waals surface area (Å²) in [6, 6.07) is 8.89. The SMILES string of the molecule is C[C@@H](NC(=O)c1ccc(F)cc1)c1ccc2c(n1)CCCN2C(=O)[C@H]1CCOC1. The minimum atomic E-state index is -0.380. The van der Waals surface area contributed by atoms with Crippen LogP contribution in [0.5, 0.6) is 0 Å². The molecule has 2 amide bonds. The second-order valence-corrected chi connectivity index (χ2v) is 7.56. The standard InChI is InChI=1S/C22H24FN3O3/c1-14(24-21(27)15-4-6-17(23)7-5-15)18-8-9-20-19(25-18)3-2-11-26(20)22(28)16-10-12-29-13-16/h4-9,14,16H,2-3,10-13H2,1H3,(H,24,27)/t14-,16+/m1/s1. The van der Waals surface area contributed by atoms with Crippen LogP contribution < -0.4 is 10.2 Å². The highest BCUT2D eigenvalue weighted by atomic mass is 19.1. The van der Waals surface area contributed by atoms with E-state index in [9.17, 15) is 14.0 Å². The van der Waals surface area contributed by atoms with Gasteiger partial charge in [0.05, 0.1) is 35.6 Å². The van der Waals surface area contributed by atoms with Gasteiger partial charge in [-0.3, -0.25) is 14.6 Å². The van der Waals surface area contributed by atoms with Crippen LogP contribution in [0.25, 0.3) is 0 Å². The van der Waals surface area contributed by atoms with E-state index in [4.69, 9.17) is 9.72 Å². The van der Waals surface area contributed by atoms with Crippen molar-refractivity contribution in [2.75, 3.05) is 24.7 Å². The van der Waals surface area contributed by atoms with Gasteiger partial charge in [0.1, 0.15) is 5.82 Å². The van der Waals surface area contributed by atoms with Crippen molar-refractivity contribution < 1.29 is 18.7 Å². The molecule has 7 heteroatoms. The Morgan fingerprint density at radius 3 is 2.76 bits per heavy atom. The first-order valence-corrected chi connectivity index (χ1v) is 9.98.